The fourth-order valence-electron chi connectivity index (χ4n) is 2.90. The highest BCUT2D eigenvalue weighted by Crippen LogP contribution is 2.22. The van der Waals surface area contributed by atoms with Crippen molar-refractivity contribution in [2.75, 3.05) is 11.1 Å². The van der Waals surface area contributed by atoms with Crippen LogP contribution in [-0.4, -0.2) is 32.3 Å². The third kappa shape index (κ3) is 5.78. The van der Waals surface area contributed by atoms with Gasteiger partial charge in [0.25, 0.3) is 5.91 Å². The van der Waals surface area contributed by atoms with E-state index in [4.69, 9.17) is 23.2 Å². The quantitative estimate of drug-likeness (QED) is 0.483. The number of amides is 2. The standard InChI is InChI=1S/C21H21Cl2N5O2S/c1-12-10-14(22)8-9-17(12)25-18(29)11-31-21-27-26-19(28(21)3)13(2)24-20(30)15-6-4-5-7-16(15)23/h4-10,13H,11H2,1-3H3,(H,24,30)(H,25,29)/t13-/m0/s1. The molecule has 0 bridgehead atoms. The summed E-state index contributed by atoms with van der Waals surface area (Å²) in [7, 11) is 1.79. The molecule has 0 aliphatic heterocycles. The fourth-order valence-corrected chi connectivity index (χ4v) is 4.06. The van der Waals surface area contributed by atoms with Crippen molar-refractivity contribution in [3.63, 3.8) is 0 Å². The van der Waals surface area contributed by atoms with Gasteiger partial charge in [0.05, 0.1) is 22.4 Å². The number of hydrogen-bond donors (Lipinski definition) is 2. The minimum atomic E-state index is -0.402. The predicted octanol–water partition coefficient (Wildman–Crippen LogP) is 4.65. The lowest BCUT2D eigenvalue weighted by atomic mass is 10.2. The maximum absolute atomic E-state index is 12.5. The molecule has 0 aliphatic carbocycles. The Balaban J connectivity index is 1.59. The van der Waals surface area contributed by atoms with Gasteiger partial charge in [-0.1, -0.05) is 47.1 Å². The molecule has 162 valence electrons. The van der Waals surface area contributed by atoms with Crippen LogP contribution < -0.4 is 10.6 Å². The number of hydrogen-bond acceptors (Lipinski definition) is 5. The highest BCUT2D eigenvalue weighted by molar-refractivity contribution is 7.99. The third-order valence-corrected chi connectivity index (χ3v) is 6.10. The van der Waals surface area contributed by atoms with Crippen molar-refractivity contribution >= 4 is 52.5 Å². The number of halogens is 2. The first-order valence-corrected chi connectivity index (χ1v) is 11.1. The maximum atomic E-state index is 12.5. The van der Waals surface area contributed by atoms with Crippen molar-refractivity contribution in [3.8, 4) is 0 Å². The van der Waals surface area contributed by atoms with Crippen LogP contribution in [0.5, 0.6) is 0 Å². The van der Waals surface area contributed by atoms with Crippen LogP contribution in [0, 0.1) is 6.92 Å². The molecule has 2 amide bonds. The van der Waals surface area contributed by atoms with Crippen LogP contribution >= 0.6 is 35.0 Å². The number of aryl methyl sites for hydroxylation is 1. The second-order valence-corrected chi connectivity index (χ2v) is 8.66. The summed E-state index contributed by atoms with van der Waals surface area (Å²) in [5.74, 6) is 0.263. The van der Waals surface area contributed by atoms with Gasteiger partial charge >= 0.3 is 0 Å². The lowest BCUT2D eigenvalue weighted by Crippen LogP contribution is -2.28. The van der Waals surface area contributed by atoms with E-state index < -0.39 is 6.04 Å². The normalized spacial score (nSPS) is 11.8. The highest BCUT2D eigenvalue weighted by atomic mass is 35.5. The molecular weight excluding hydrogens is 457 g/mol. The molecule has 7 nitrogen and oxygen atoms in total. The predicted molar refractivity (Wildman–Crippen MR) is 124 cm³/mol. The van der Waals surface area contributed by atoms with Gasteiger partial charge in [-0.05, 0) is 49.7 Å². The number of aromatic nitrogens is 3. The molecule has 0 unspecified atom stereocenters. The number of thioether (sulfide) groups is 1. The van der Waals surface area contributed by atoms with E-state index in [0.29, 0.717) is 32.3 Å². The molecule has 10 heteroatoms. The van der Waals surface area contributed by atoms with Crippen LogP contribution in [-0.2, 0) is 11.8 Å². The molecule has 0 radical (unpaired) electrons. The first-order chi connectivity index (χ1) is 14.8. The number of nitrogens with zero attached hydrogens (tertiary/aromatic N) is 3. The Labute approximate surface area is 194 Å². The minimum Gasteiger partial charge on any atom is -0.342 e. The largest absolute Gasteiger partial charge is 0.342 e. The third-order valence-electron chi connectivity index (χ3n) is 4.52. The van der Waals surface area contributed by atoms with Gasteiger partial charge in [-0.2, -0.15) is 0 Å². The molecule has 31 heavy (non-hydrogen) atoms. The Hall–Kier alpha value is -2.55. The Bertz CT molecular complexity index is 1120. The van der Waals surface area contributed by atoms with Gasteiger partial charge in [0.15, 0.2) is 11.0 Å². The SMILES string of the molecule is Cc1cc(Cl)ccc1NC(=O)CSc1nnc([C@H](C)NC(=O)c2ccccc2Cl)n1C. The summed E-state index contributed by atoms with van der Waals surface area (Å²) in [6.45, 7) is 3.69. The second-order valence-electron chi connectivity index (χ2n) is 6.87. The van der Waals surface area contributed by atoms with Crippen molar-refractivity contribution < 1.29 is 9.59 Å². The van der Waals surface area contributed by atoms with Crippen LogP contribution in [0.4, 0.5) is 5.69 Å². The van der Waals surface area contributed by atoms with Crippen LogP contribution in [0.3, 0.4) is 0 Å². The Morgan fingerprint density at radius 1 is 1.16 bits per heavy atom. The van der Waals surface area contributed by atoms with Crippen molar-refractivity contribution in [1.82, 2.24) is 20.1 Å². The Kier molecular flexibility index (Phi) is 7.59. The molecule has 1 aromatic heterocycles. The number of anilines is 1. The molecular formula is C21H21Cl2N5O2S. The van der Waals surface area contributed by atoms with E-state index in [1.165, 1.54) is 11.8 Å². The van der Waals surface area contributed by atoms with Crippen LogP contribution in [0.15, 0.2) is 47.6 Å². The zero-order valence-electron chi connectivity index (χ0n) is 17.1. The van der Waals surface area contributed by atoms with E-state index in [2.05, 4.69) is 20.8 Å². The summed E-state index contributed by atoms with van der Waals surface area (Å²) in [6.07, 6.45) is 0. The van der Waals surface area contributed by atoms with Gasteiger partial charge in [-0.3, -0.25) is 9.59 Å². The van der Waals surface area contributed by atoms with E-state index in [1.807, 2.05) is 13.8 Å². The summed E-state index contributed by atoms with van der Waals surface area (Å²) < 4.78 is 1.75. The molecule has 2 aromatic carbocycles. The average Bonchev–Trinajstić information content (AvgIpc) is 3.09. The van der Waals surface area contributed by atoms with E-state index >= 15 is 0 Å². The molecule has 1 heterocycles. The molecule has 0 fully saturated rings. The smallest absolute Gasteiger partial charge is 0.253 e. The molecule has 0 saturated carbocycles. The van der Waals surface area contributed by atoms with Gasteiger partial charge in [0, 0.05) is 17.8 Å². The second kappa shape index (κ2) is 10.2. The van der Waals surface area contributed by atoms with Crippen molar-refractivity contribution in [2.45, 2.75) is 25.0 Å². The summed E-state index contributed by atoms with van der Waals surface area (Å²) in [5.41, 5.74) is 1.99. The Morgan fingerprint density at radius 2 is 1.90 bits per heavy atom. The van der Waals surface area contributed by atoms with Crippen molar-refractivity contribution in [1.29, 1.82) is 0 Å². The number of nitrogens with one attached hydrogen (secondary N) is 2. The molecule has 0 aliphatic rings. The summed E-state index contributed by atoms with van der Waals surface area (Å²) in [6, 6.07) is 11.7. The number of rotatable bonds is 7. The summed E-state index contributed by atoms with van der Waals surface area (Å²) >= 11 is 13.3. The summed E-state index contributed by atoms with van der Waals surface area (Å²) in [5, 5.41) is 15.6. The maximum Gasteiger partial charge on any atom is 0.253 e. The molecule has 0 saturated heterocycles. The van der Waals surface area contributed by atoms with Crippen molar-refractivity contribution in [3.05, 3.63) is 69.5 Å². The summed E-state index contributed by atoms with van der Waals surface area (Å²) in [4.78, 5) is 24.8. The molecule has 3 aromatic rings. The van der Waals surface area contributed by atoms with Gasteiger partial charge in [0.2, 0.25) is 5.91 Å². The Morgan fingerprint density at radius 3 is 2.61 bits per heavy atom. The molecule has 3 rings (SSSR count). The lowest BCUT2D eigenvalue weighted by molar-refractivity contribution is -0.113. The molecule has 2 N–H and O–H groups in total. The van der Waals surface area contributed by atoms with Gasteiger partial charge in [-0.25, -0.2) is 0 Å². The van der Waals surface area contributed by atoms with E-state index in [0.717, 1.165) is 5.56 Å². The van der Waals surface area contributed by atoms with Crippen LogP contribution in [0.1, 0.15) is 34.7 Å². The van der Waals surface area contributed by atoms with Gasteiger partial charge in [0.1, 0.15) is 0 Å². The zero-order chi connectivity index (χ0) is 22.5. The highest BCUT2D eigenvalue weighted by Gasteiger charge is 2.20. The average molecular weight is 478 g/mol. The van der Waals surface area contributed by atoms with Crippen LogP contribution in [0.25, 0.3) is 0 Å². The molecule has 1 atom stereocenters. The van der Waals surface area contributed by atoms with E-state index in [9.17, 15) is 9.59 Å². The van der Waals surface area contributed by atoms with Crippen molar-refractivity contribution in [2.24, 2.45) is 7.05 Å². The number of carbonyl (C=O) groups excluding carboxylic acids is 2. The monoisotopic (exact) mass is 477 g/mol. The minimum absolute atomic E-state index is 0.161. The zero-order valence-corrected chi connectivity index (χ0v) is 19.5. The molecule has 0 spiro atoms. The number of benzene rings is 2. The van der Waals surface area contributed by atoms with E-state index in [-0.39, 0.29) is 17.6 Å². The lowest BCUT2D eigenvalue weighted by Gasteiger charge is -2.14. The van der Waals surface area contributed by atoms with Crippen LogP contribution in [0.2, 0.25) is 10.0 Å². The number of carbonyl (C=O) groups is 2. The topological polar surface area (TPSA) is 88.9 Å². The van der Waals surface area contributed by atoms with Gasteiger partial charge < -0.3 is 15.2 Å². The van der Waals surface area contributed by atoms with E-state index in [1.54, 1.807) is 54.1 Å². The fraction of sp³-hybridized carbons (Fsp3) is 0.238. The first-order valence-electron chi connectivity index (χ1n) is 9.39. The first kappa shape index (κ1) is 23.1. The van der Waals surface area contributed by atoms with Gasteiger partial charge in [-0.15, -0.1) is 10.2 Å².